The standard InChI is InChI=1S/C19H15N3O4/c1-11-14-5-3-4-6-15(14)25-16(11)17(23)20-19-22-21-18(26-19)12-7-9-13(24-2)10-8-12/h3-10H,1-2H3,(H,20,22,23). The van der Waals surface area contributed by atoms with Gasteiger partial charge in [-0.25, -0.2) is 0 Å². The van der Waals surface area contributed by atoms with Crippen LogP contribution in [0.3, 0.4) is 0 Å². The number of hydrogen-bond donors (Lipinski definition) is 1. The quantitative estimate of drug-likeness (QED) is 0.598. The fourth-order valence-corrected chi connectivity index (χ4v) is 2.67. The number of amides is 1. The van der Waals surface area contributed by atoms with E-state index >= 15 is 0 Å². The molecule has 0 aliphatic heterocycles. The number of fused-ring (bicyclic) bond motifs is 1. The van der Waals surface area contributed by atoms with Gasteiger partial charge in [0.25, 0.3) is 5.91 Å². The highest BCUT2D eigenvalue weighted by Crippen LogP contribution is 2.26. The molecule has 1 amide bonds. The van der Waals surface area contributed by atoms with Crippen molar-refractivity contribution in [3.05, 3.63) is 59.9 Å². The Morgan fingerprint density at radius 1 is 1.04 bits per heavy atom. The van der Waals surface area contributed by atoms with Crippen LogP contribution in [-0.2, 0) is 0 Å². The number of ether oxygens (including phenoxy) is 1. The van der Waals surface area contributed by atoms with Crippen LogP contribution in [0.2, 0.25) is 0 Å². The average molecular weight is 349 g/mol. The highest BCUT2D eigenvalue weighted by Gasteiger charge is 2.20. The van der Waals surface area contributed by atoms with Crippen LogP contribution in [-0.4, -0.2) is 23.2 Å². The number of nitrogens with one attached hydrogen (secondary N) is 1. The average Bonchev–Trinajstić information content (AvgIpc) is 3.27. The summed E-state index contributed by atoms with van der Waals surface area (Å²) in [6.07, 6.45) is 0. The Balaban J connectivity index is 1.56. The lowest BCUT2D eigenvalue weighted by molar-refractivity contribution is 0.0995. The largest absolute Gasteiger partial charge is 0.497 e. The molecule has 0 saturated carbocycles. The number of methoxy groups -OCH3 is 1. The zero-order valence-electron chi connectivity index (χ0n) is 14.1. The first-order valence-electron chi connectivity index (χ1n) is 7.93. The Hall–Kier alpha value is -3.61. The Morgan fingerprint density at radius 2 is 1.81 bits per heavy atom. The first kappa shape index (κ1) is 15.9. The van der Waals surface area contributed by atoms with E-state index in [0.29, 0.717) is 11.5 Å². The second-order valence-corrected chi connectivity index (χ2v) is 5.65. The van der Waals surface area contributed by atoms with Crippen molar-refractivity contribution in [1.29, 1.82) is 0 Å². The lowest BCUT2D eigenvalue weighted by Gasteiger charge is -2.00. The number of benzene rings is 2. The highest BCUT2D eigenvalue weighted by atomic mass is 16.5. The molecule has 4 aromatic rings. The fraction of sp³-hybridized carbons (Fsp3) is 0.105. The number of furan rings is 1. The third kappa shape index (κ3) is 2.79. The fourth-order valence-electron chi connectivity index (χ4n) is 2.67. The molecule has 2 heterocycles. The van der Waals surface area contributed by atoms with Crippen molar-refractivity contribution in [3.63, 3.8) is 0 Å². The molecule has 4 rings (SSSR count). The molecule has 0 aliphatic rings. The molecule has 0 spiro atoms. The predicted octanol–water partition coefficient (Wildman–Crippen LogP) is 4.05. The maximum atomic E-state index is 12.5. The summed E-state index contributed by atoms with van der Waals surface area (Å²) in [5, 5.41) is 11.3. The summed E-state index contributed by atoms with van der Waals surface area (Å²) in [6, 6.07) is 14.6. The summed E-state index contributed by atoms with van der Waals surface area (Å²) in [7, 11) is 1.59. The van der Waals surface area contributed by atoms with Gasteiger partial charge in [0.05, 0.1) is 7.11 Å². The number of rotatable bonds is 4. The third-order valence-corrected chi connectivity index (χ3v) is 4.03. The number of hydrogen-bond acceptors (Lipinski definition) is 6. The number of anilines is 1. The van der Waals surface area contributed by atoms with Gasteiger partial charge in [-0.3, -0.25) is 10.1 Å². The van der Waals surface area contributed by atoms with Gasteiger partial charge in [0.15, 0.2) is 5.76 Å². The molecule has 130 valence electrons. The lowest BCUT2D eigenvalue weighted by Crippen LogP contribution is -2.12. The van der Waals surface area contributed by atoms with Crippen LogP contribution in [0, 0.1) is 6.92 Å². The van der Waals surface area contributed by atoms with Gasteiger partial charge in [0, 0.05) is 16.5 Å². The molecule has 0 atom stereocenters. The number of nitrogens with zero attached hydrogens (tertiary/aromatic N) is 2. The number of para-hydroxylation sites is 1. The molecule has 7 nitrogen and oxygen atoms in total. The highest BCUT2D eigenvalue weighted by molar-refractivity contribution is 6.05. The normalized spacial score (nSPS) is 10.8. The van der Waals surface area contributed by atoms with E-state index in [9.17, 15) is 4.79 Å². The van der Waals surface area contributed by atoms with E-state index in [4.69, 9.17) is 13.6 Å². The van der Waals surface area contributed by atoms with E-state index in [0.717, 1.165) is 22.3 Å². The Labute approximate surface area is 148 Å². The van der Waals surface area contributed by atoms with Gasteiger partial charge >= 0.3 is 6.01 Å². The van der Waals surface area contributed by atoms with Gasteiger partial charge in [-0.05, 0) is 37.3 Å². The zero-order chi connectivity index (χ0) is 18.1. The molecule has 26 heavy (non-hydrogen) atoms. The van der Waals surface area contributed by atoms with E-state index < -0.39 is 5.91 Å². The third-order valence-electron chi connectivity index (χ3n) is 4.03. The van der Waals surface area contributed by atoms with Gasteiger partial charge in [0.1, 0.15) is 11.3 Å². The summed E-state index contributed by atoms with van der Waals surface area (Å²) in [5.74, 6) is 0.797. The molecule has 1 N–H and O–H groups in total. The maximum absolute atomic E-state index is 12.5. The molecule has 0 fully saturated rings. The van der Waals surface area contributed by atoms with Crippen LogP contribution >= 0.6 is 0 Å². The van der Waals surface area contributed by atoms with Crippen LogP contribution in [0.5, 0.6) is 5.75 Å². The summed E-state index contributed by atoms with van der Waals surface area (Å²) < 4.78 is 16.3. The van der Waals surface area contributed by atoms with Crippen molar-refractivity contribution in [1.82, 2.24) is 10.2 Å². The minimum atomic E-state index is -0.441. The first-order chi connectivity index (χ1) is 12.7. The van der Waals surface area contributed by atoms with Crippen molar-refractivity contribution in [2.75, 3.05) is 12.4 Å². The Morgan fingerprint density at radius 3 is 2.54 bits per heavy atom. The molecule has 0 radical (unpaired) electrons. The van der Waals surface area contributed by atoms with Crippen molar-refractivity contribution in [2.45, 2.75) is 6.92 Å². The van der Waals surface area contributed by atoms with E-state index in [2.05, 4.69) is 15.5 Å². The molecule has 0 bridgehead atoms. The summed E-state index contributed by atoms with van der Waals surface area (Å²) in [6.45, 7) is 1.83. The van der Waals surface area contributed by atoms with Gasteiger partial charge in [-0.2, -0.15) is 0 Å². The smallest absolute Gasteiger partial charge is 0.322 e. The van der Waals surface area contributed by atoms with E-state index in [1.807, 2.05) is 31.2 Å². The molecule has 0 unspecified atom stereocenters. The van der Waals surface area contributed by atoms with Crippen LogP contribution in [0.1, 0.15) is 16.1 Å². The maximum Gasteiger partial charge on any atom is 0.322 e. The van der Waals surface area contributed by atoms with E-state index in [1.165, 1.54) is 0 Å². The minimum absolute atomic E-state index is 0.000624. The molecule has 0 saturated heterocycles. The molecular formula is C19H15N3O4. The SMILES string of the molecule is COc1ccc(-c2nnc(NC(=O)c3oc4ccccc4c3C)o2)cc1. The number of aromatic nitrogens is 2. The zero-order valence-corrected chi connectivity index (χ0v) is 14.1. The predicted molar refractivity (Wildman–Crippen MR) is 95.2 cm³/mol. The topological polar surface area (TPSA) is 90.4 Å². The van der Waals surface area contributed by atoms with Crippen molar-refractivity contribution >= 4 is 22.9 Å². The second-order valence-electron chi connectivity index (χ2n) is 5.65. The molecule has 2 aromatic heterocycles. The molecule has 0 aliphatic carbocycles. The van der Waals surface area contributed by atoms with E-state index in [-0.39, 0.29) is 11.8 Å². The van der Waals surface area contributed by atoms with Crippen molar-refractivity contribution in [2.24, 2.45) is 0 Å². The van der Waals surface area contributed by atoms with Crippen molar-refractivity contribution < 1.29 is 18.4 Å². The van der Waals surface area contributed by atoms with Crippen LogP contribution < -0.4 is 10.1 Å². The van der Waals surface area contributed by atoms with Crippen LogP contribution in [0.15, 0.2) is 57.4 Å². The van der Waals surface area contributed by atoms with Gasteiger partial charge in [-0.1, -0.05) is 23.3 Å². The van der Waals surface area contributed by atoms with Crippen molar-refractivity contribution in [3.8, 4) is 17.2 Å². The lowest BCUT2D eigenvalue weighted by atomic mass is 10.1. The Kier molecular flexibility index (Phi) is 3.89. The van der Waals surface area contributed by atoms with Gasteiger partial charge in [0.2, 0.25) is 5.89 Å². The van der Waals surface area contributed by atoms with Crippen LogP contribution in [0.4, 0.5) is 6.01 Å². The molecular weight excluding hydrogens is 334 g/mol. The summed E-state index contributed by atoms with van der Waals surface area (Å²) in [4.78, 5) is 12.5. The van der Waals surface area contributed by atoms with E-state index in [1.54, 1.807) is 31.4 Å². The summed E-state index contributed by atoms with van der Waals surface area (Å²) >= 11 is 0. The molecule has 2 aromatic carbocycles. The second kappa shape index (κ2) is 6.36. The minimum Gasteiger partial charge on any atom is -0.497 e. The number of aryl methyl sites for hydroxylation is 1. The van der Waals surface area contributed by atoms with Gasteiger partial charge in [-0.15, -0.1) is 5.10 Å². The molecule has 7 heteroatoms. The first-order valence-corrected chi connectivity index (χ1v) is 7.93. The van der Waals surface area contributed by atoms with Gasteiger partial charge < -0.3 is 13.6 Å². The number of carbonyl (C=O) groups excluding carboxylic acids is 1. The number of carbonyl (C=O) groups is 1. The monoisotopic (exact) mass is 349 g/mol. The Bertz CT molecular complexity index is 1080. The summed E-state index contributed by atoms with van der Waals surface area (Å²) in [5.41, 5.74) is 2.13. The van der Waals surface area contributed by atoms with Crippen LogP contribution in [0.25, 0.3) is 22.4 Å².